The van der Waals surface area contributed by atoms with E-state index in [0.29, 0.717) is 6.07 Å². The van der Waals surface area contributed by atoms with Crippen LogP contribution in [0.5, 0.6) is 0 Å². The highest BCUT2D eigenvalue weighted by molar-refractivity contribution is 8.93. The van der Waals surface area contributed by atoms with E-state index in [9.17, 15) is 27.2 Å². The van der Waals surface area contributed by atoms with Gasteiger partial charge >= 0.3 is 6.18 Å². The van der Waals surface area contributed by atoms with Gasteiger partial charge in [-0.15, -0.1) is 17.0 Å². The fraction of sp³-hybridized carbons (Fsp3) is 0.0769. The second-order valence-electron chi connectivity index (χ2n) is 4.09. The normalized spacial score (nSPS) is 10.7. The Bertz CT molecular complexity index is 743. The van der Waals surface area contributed by atoms with Gasteiger partial charge in [-0.25, -0.2) is 4.39 Å². The molecule has 118 valence electrons. The van der Waals surface area contributed by atoms with Crippen molar-refractivity contribution in [3.8, 4) is 0 Å². The second-order valence-corrected chi connectivity index (χ2v) is 4.09. The number of nitrogens with one attached hydrogen (secondary N) is 2. The van der Waals surface area contributed by atoms with Crippen LogP contribution in [0.1, 0.15) is 15.9 Å². The maximum atomic E-state index is 13.6. The van der Waals surface area contributed by atoms with Crippen LogP contribution in [0.15, 0.2) is 41.3 Å². The fourth-order valence-electron chi connectivity index (χ4n) is 1.60. The summed E-state index contributed by atoms with van der Waals surface area (Å²) in [5.41, 5.74) is -2.13. The molecule has 0 aliphatic carbocycles. The second kappa shape index (κ2) is 6.73. The number of halogens is 5. The van der Waals surface area contributed by atoms with Crippen LogP contribution in [0.4, 0.5) is 23.2 Å². The van der Waals surface area contributed by atoms with Crippen molar-refractivity contribution in [2.24, 2.45) is 0 Å². The quantitative estimate of drug-likeness (QED) is 0.784. The van der Waals surface area contributed by atoms with Crippen LogP contribution in [0.25, 0.3) is 0 Å². The minimum atomic E-state index is -4.69. The van der Waals surface area contributed by atoms with Gasteiger partial charge in [0.15, 0.2) is 0 Å². The number of hydrogen-bond acceptors (Lipinski definition) is 2. The third kappa shape index (κ3) is 4.17. The molecule has 0 atom stereocenters. The molecule has 4 nitrogen and oxygen atoms in total. The summed E-state index contributed by atoms with van der Waals surface area (Å²) >= 11 is 0. The molecule has 0 unspecified atom stereocenters. The molecule has 0 fully saturated rings. The molecule has 0 saturated heterocycles. The van der Waals surface area contributed by atoms with Crippen molar-refractivity contribution >= 4 is 28.6 Å². The highest BCUT2D eigenvalue weighted by atomic mass is 79.9. The Hall–Kier alpha value is -2.16. The lowest BCUT2D eigenvalue weighted by atomic mass is 10.1. The first-order valence-corrected chi connectivity index (χ1v) is 5.64. The van der Waals surface area contributed by atoms with Gasteiger partial charge in [0.05, 0.1) is 11.1 Å². The largest absolute Gasteiger partial charge is 0.416 e. The number of rotatable bonds is 2. The van der Waals surface area contributed by atoms with E-state index in [1.165, 1.54) is 12.3 Å². The van der Waals surface area contributed by atoms with Crippen LogP contribution in [0, 0.1) is 5.82 Å². The van der Waals surface area contributed by atoms with Gasteiger partial charge in [-0.2, -0.15) is 13.2 Å². The van der Waals surface area contributed by atoms with Crippen LogP contribution in [-0.2, 0) is 6.18 Å². The molecule has 2 aromatic rings. The average Bonchev–Trinajstić information content (AvgIpc) is 2.37. The van der Waals surface area contributed by atoms with Crippen LogP contribution in [0.2, 0.25) is 0 Å². The summed E-state index contributed by atoms with van der Waals surface area (Å²) in [4.78, 5) is 25.1. The van der Waals surface area contributed by atoms with Crippen molar-refractivity contribution in [3.05, 3.63) is 63.8 Å². The molecule has 1 aromatic heterocycles. The van der Waals surface area contributed by atoms with Gasteiger partial charge in [0.25, 0.3) is 5.91 Å². The van der Waals surface area contributed by atoms with Crippen LogP contribution < -0.4 is 10.9 Å². The maximum absolute atomic E-state index is 13.6. The van der Waals surface area contributed by atoms with E-state index in [2.05, 4.69) is 10.3 Å². The minimum absolute atomic E-state index is 0. The molecular weight excluding hydrogens is 372 g/mol. The van der Waals surface area contributed by atoms with Gasteiger partial charge in [-0.1, -0.05) is 0 Å². The summed E-state index contributed by atoms with van der Waals surface area (Å²) < 4.78 is 50.7. The number of aromatic amines is 1. The lowest BCUT2D eigenvalue weighted by Crippen LogP contribution is -2.16. The van der Waals surface area contributed by atoms with Crippen LogP contribution >= 0.6 is 17.0 Å². The number of amides is 1. The molecule has 1 amide bonds. The Balaban J connectivity index is 0.00000242. The van der Waals surface area contributed by atoms with Crippen molar-refractivity contribution in [3.63, 3.8) is 0 Å². The number of anilines is 1. The zero-order valence-corrected chi connectivity index (χ0v) is 12.4. The number of carbonyl (C=O) groups is 1. The van der Waals surface area contributed by atoms with Crippen molar-refractivity contribution in [2.75, 3.05) is 5.32 Å². The molecule has 22 heavy (non-hydrogen) atoms. The first-order chi connectivity index (χ1) is 9.77. The van der Waals surface area contributed by atoms with Gasteiger partial charge in [0.1, 0.15) is 5.82 Å². The van der Waals surface area contributed by atoms with E-state index in [0.717, 1.165) is 12.1 Å². The number of pyridine rings is 1. The van der Waals surface area contributed by atoms with Crippen molar-refractivity contribution in [1.29, 1.82) is 0 Å². The summed E-state index contributed by atoms with van der Waals surface area (Å²) in [6.07, 6.45) is -3.43. The third-order valence-electron chi connectivity index (χ3n) is 2.57. The van der Waals surface area contributed by atoms with Crippen LogP contribution in [0.3, 0.4) is 0 Å². The predicted molar refractivity (Wildman–Crippen MR) is 76.7 cm³/mol. The van der Waals surface area contributed by atoms with Gasteiger partial charge in [-0.05, 0) is 24.3 Å². The van der Waals surface area contributed by atoms with Gasteiger partial charge in [0.2, 0.25) is 5.56 Å². The monoisotopic (exact) mass is 380 g/mol. The Morgan fingerprint density at radius 3 is 2.36 bits per heavy atom. The molecule has 1 aromatic carbocycles. The third-order valence-corrected chi connectivity index (χ3v) is 2.57. The lowest BCUT2D eigenvalue weighted by molar-refractivity contribution is -0.137. The number of hydrogen-bond donors (Lipinski definition) is 2. The topological polar surface area (TPSA) is 62.0 Å². The first kappa shape index (κ1) is 17.9. The Morgan fingerprint density at radius 1 is 1.14 bits per heavy atom. The SMILES string of the molecule is Br.O=C(Nc1cc[nH]c(=O)c1)c1ccc(C(F)(F)F)cc1F. The summed E-state index contributed by atoms with van der Waals surface area (Å²) in [5.74, 6) is -2.25. The minimum Gasteiger partial charge on any atom is -0.329 e. The highest BCUT2D eigenvalue weighted by Gasteiger charge is 2.31. The molecule has 0 radical (unpaired) electrons. The van der Waals surface area contributed by atoms with Gasteiger partial charge in [0, 0.05) is 18.0 Å². The van der Waals surface area contributed by atoms with Crippen LogP contribution in [-0.4, -0.2) is 10.9 Å². The number of H-pyrrole nitrogens is 1. The molecule has 1 heterocycles. The van der Waals surface area contributed by atoms with E-state index >= 15 is 0 Å². The molecule has 0 spiro atoms. The maximum Gasteiger partial charge on any atom is 0.416 e. The summed E-state index contributed by atoms with van der Waals surface area (Å²) in [7, 11) is 0. The van der Waals surface area contributed by atoms with E-state index in [4.69, 9.17) is 0 Å². The number of carbonyl (C=O) groups excluding carboxylic acids is 1. The summed E-state index contributed by atoms with van der Waals surface area (Å²) in [6, 6.07) is 3.99. The Labute approximate surface area is 131 Å². The number of alkyl halides is 3. The van der Waals surface area contributed by atoms with Crippen molar-refractivity contribution in [2.45, 2.75) is 6.18 Å². The lowest BCUT2D eigenvalue weighted by Gasteiger charge is -2.09. The first-order valence-electron chi connectivity index (χ1n) is 5.64. The zero-order valence-electron chi connectivity index (χ0n) is 10.7. The molecule has 0 aliphatic rings. The van der Waals surface area contributed by atoms with Gasteiger partial charge < -0.3 is 10.3 Å². The van der Waals surface area contributed by atoms with Crippen molar-refractivity contribution in [1.82, 2.24) is 4.98 Å². The predicted octanol–water partition coefficient (Wildman–Crippen LogP) is 3.36. The molecule has 2 rings (SSSR count). The standard InChI is InChI=1S/C13H8F4N2O2.BrH/c14-10-5-7(13(15,16)17)1-2-9(10)12(21)19-8-3-4-18-11(20)6-8;/h1-6H,(H2,18,19,20,21);1H. The van der Waals surface area contributed by atoms with E-state index in [1.807, 2.05) is 0 Å². The number of aromatic nitrogens is 1. The average molecular weight is 381 g/mol. The molecule has 0 saturated carbocycles. The Morgan fingerprint density at radius 2 is 1.82 bits per heavy atom. The number of benzene rings is 1. The molecule has 0 aliphatic heterocycles. The van der Waals surface area contributed by atoms with E-state index in [-0.39, 0.29) is 28.7 Å². The van der Waals surface area contributed by atoms with Gasteiger partial charge in [-0.3, -0.25) is 9.59 Å². The summed E-state index contributed by atoms with van der Waals surface area (Å²) in [6.45, 7) is 0. The van der Waals surface area contributed by atoms with E-state index < -0.39 is 34.6 Å². The zero-order chi connectivity index (χ0) is 15.6. The molecule has 2 N–H and O–H groups in total. The summed E-state index contributed by atoms with van der Waals surface area (Å²) in [5, 5.41) is 2.22. The fourth-order valence-corrected chi connectivity index (χ4v) is 1.60. The molecule has 0 bridgehead atoms. The van der Waals surface area contributed by atoms with E-state index in [1.54, 1.807) is 0 Å². The Kier molecular flexibility index (Phi) is 5.48. The highest BCUT2D eigenvalue weighted by Crippen LogP contribution is 2.30. The smallest absolute Gasteiger partial charge is 0.329 e. The van der Waals surface area contributed by atoms with Crippen molar-refractivity contribution < 1.29 is 22.4 Å². The molecule has 9 heteroatoms. The molecular formula is C13H9BrF4N2O2.